The van der Waals surface area contributed by atoms with Gasteiger partial charge in [0.1, 0.15) is 17.6 Å². The summed E-state index contributed by atoms with van der Waals surface area (Å²) in [6.07, 6.45) is 3.82. The van der Waals surface area contributed by atoms with Crippen molar-refractivity contribution in [3.05, 3.63) is 72.3 Å². The van der Waals surface area contributed by atoms with Crippen molar-refractivity contribution in [1.29, 1.82) is 0 Å². The SMILES string of the molecule is CCC(CC)NC(=O)Nc1ccc(OC)c(Oc2ccc(NC(=O)c3cccc(OC4CCN(C(C)C)CC4)c3)cc2)c1. The number of hydrogen-bond donors (Lipinski definition) is 3. The zero-order valence-electron chi connectivity index (χ0n) is 25.8. The number of ether oxygens (including phenoxy) is 3. The lowest BCUT2D eigenvalue weighted by Crippen LogP contribution is -2.41. The lowest BCUT2D eigenvalue weighted by molar-refractivity contribution is 0.0840. The number of amides is 3. The van der Waals surface area contributed by atoms with Crippen LogP contribution >= 0.6 is 0 Å². The molecule has 0 bridgehead atoms. The topological polar surface area (TPSA) is 101 Å². The van der Waals surface area contributed by atoms with Crippen LogP contribution in [0.25, 0.3) is 0 Å². The highest BCUT2D eigenvalue weighted by Gasteiger charge is 2.22. The van der Waals surface area contributed by atoms with Gasteiger partial charge >= 0.3 is 6.03 Å². The second-order valence-electron chi connectivity index (χ2n) is 11.0. The second-order valence-corrected chi connectivity index (χ2v) is 11.0. The molecule has 230 valence electrons. The summed E-state index contributed by atoms with van der Waals surface area (Å²) >= 11 is 0. The Bertz CT molecular complexity index is 1350. The molecule has 1 aliphatic heterocycles. The highest BCUT2D eigenvalue weighted by molar-refractivity contribution is 6.04. The molecule has 3 aromatic carbocycles. The van der Waals surface area contributed by atoms with E-state index in [-0.39, 0.29) is 24.1 Å². The zero-order chi connectivity index (χ0) is 30.8. The van der Waals surface area contributed by atoms with Crippen LogP contribution in [0.3, 0.4) is 0 Å². The number of piperidine rings is 1. The fraction of sp³-hybridized carbons (Fsp3) is 0.412. The van der Waals surface area contributed by atoms with E-state index in [4.69, 9.17) is 14.2 Å². The molecule has 43 heavy (non-hydrogen) atoms. The van der Waals surface area contributed by atoms with Crippen molar-refractivity contribution < 1.29 is 23.8 Å². The van der Waals surface area contributed by atoms with Gasteiger partial charge in [-0.3, -0.25) is 4.79 Å². The largest absolute Gasteiger partial charge is 0.493 e. The third-order valence-electron chi connectivity index (χ3n) is 7.69. The van der Waals surface area contributed by atoms with Crippen molar-refractivity contribution in [2.45, 2.75) is 71.6 Å². The van der Waals surface area contributed by atoms with Crippen LogP contribution in [-0.2, 0) is 0 Å². The van der Waals surface area contributed by atoms with Gasteiger partial charge in [-0.1, -0.05) is 19.9 Å². The number of nitrogens with zero attached hydrogens (tertiary/aromatic N) is 1. The van der Waals surface area contributed by atoms with Crippen LogP contribution < -0.4 is 30.2 Å². The van der Waals surface area contributed by atoms with Crippen LogP contribution in [0.5, 0.6) is 23.0 Å². The van der Waals surface area contributed by atoms with Crippen molar-refractivity contribution in [2.24, 2.45) is 0 Å². The number of anilines is 2. The minimum atomic E-state index is -0.269. The van der Waals surface area contributed by atoms with Gasteiger partial charge in [0, 0.05) is 48.2 Å². The minimum absolute atomic E-state index is 0.114. The maximum Gasteiger partial charge on any atom is 0.319 e. The van der Waals surface area contributed by atoms with Crippen LogP contribution in [-0.4, -0.2) is 55.2 Å². The van der Waals surface area contributed by atoms with Gasteiger partial charge in [-0.25, -0.2) is 4.79 Å². The van der Waals surface area contributed by atoms with Crippen molar-refractivity contribution in [2.75, 3.05) is 30.8 Å². The summed E-state index contributed by atoms with van der Waals surface area (Å²) in [5.41, 5.74) is 1.74. The van der Waals surface area contributed by atoms with Crippen molar-refractivity contribution in [1.82, 2.24) is 10.2 Å². The average molecular weight is 589 g/mol. The minimum Gasteiger partial charge on any atom is -0.493 e. The molecular weight excluding hydrogens is 544 g/mol. The number of methoxy groups -OCH3 is 1. The number of likely N-dealkylation sites (tertiary alicyclic amines) is 1. The fourth-order valence-electron chi connectivity index (χ4n) is 5.03. The first-order chi connectivity index (χ1) is 20.8. The van der Waals surface area contributed by atoms with E-state index < -0.39 is 0 Å². The summed E-state index contributed by atoms with van der Waals surface area (Å²) < 4.78 is 17.7. The molecule has 0 atom stereocenters. The van der Waals surface area contributed by atoms with E-state index in [1.807, 2.05) is 26.0 Å². The summed E-state index contributed by atoms with van der Waals surface area (Å²) in [5, 5.41) is 8.75. The maximum absolute atomic E-state index is 13.0. The predicted molar refractivity (Wildman–Crippen MR) is 171 cm³/mol. The number of carbonyl (C=O) groups excluding carboxylic acids is 2. The quantitative estimate of drug-likeness (QED) is 0.205. The monoisotopic (exact) mass is 588 g/mol. The normalized spacial score (nSPS) is 13.9. The van der Waals surface area contributed by atoms with Gasteiger partial charge in [0.05, 0.1) is 7.11 Å². The summed E-state index contributed by atoms with van der Waals surface area (Å²) in [4.78, 5) is 27.9. The van der Waals surface area contributed by atoms with E-state index in [1.165, 1.54) is 0 Å². The molecule has 3 N–H and O–H groups in total. The molecular formula is C34H44N4O5. The molecule has 1 aliphatic rings. The number of benzene rings is 3. The van der Waals surface area contributed by atoms with E-state index in [2.05, 4.69) is 34.7 Å². The average Bonchev–Trinajstić information content (AvgIpc) is 3.01. The third kappa shape index (κ3) is 9.12. The lowest BCUT2D eigenvalue weighted by atomic mass is 10.1. The Morgan fingerprint density at radius 2 is 1.56 bits per heavy atom. The molecule has 0 radical (unpaired) electrons. The summed E-state index contributed by atoms with van der Waals surface area (Å²) in [7, 11) is 1.56. The van der Waals surface area contributed by atoms with Gasteiger partial charge in [0.15, 0.2) is 11.5 Å². The Morgan fingerprint density at radius 3 is 2.21 bits per heavy atom. The van der Waals surface area contributed by atoms with Crippen LogP contribution in [0.4, 0.5) is 16.2 Å². The van der Waals surface area contributed by atoms with Crippen LogP contribution in [0.15, 0.2) is 66.7 Å². The summed E-state index contributed by atoms with van der Waals surface area (Å²) in [5.74, 6) is 2.01. The first-order valence-electron chi connectivity index (χ1n) is 15.1. The molecule has 1 fully saturated rings. The van der Waals surface area contributed by atoms with Crippen molar-refractivity contribution in [3.63, 3.8) is 0 Å². The number of hydrogen-bond acceptors (Lipinski definition) is 6. The predicted octanol–water partition coefficient (Wildman–Crippen LogP) is 7.30. The lowest BCUT2D eigenvalue weighted by Gasteiger charge is -2.34. The highest BCUT2D eigenvalue weighted by Crippen LogP contribution is 2.34. The maximum atomic E-state index is 13.0. The molecule has 3 amide bonds. The summed E-state index contributed by atoms with van der Waals surface area (Å²) in [6.45, 7) is 10.6. The Balaban J connectivity index is 1.34. The Hall–Kier alpha value is -4.24. The number of nitrogens with one attached hydrogen (secondary N) is 3. The van der Waals surface area contributed by atoms with Crippen LogP contribution in [0.2, 0.25) is 0 Å². The molecule has 0 saturated carbocycles. The standard InChI is InChI=1S/C34H44N4O5/c1-6-25(7-2)36-34(40)37-27-13-16-31(41-5)32(22-27)43-28-14-11-26(12-15-28)35-33(39)24-9-8-10-30(21-24)42-29-17-19-38(20-18-29)23(3)4/h8-16,21-23,25,29H,6-7,17-20H2,1-5H3,(H,35,39)(H2,36,37,40). The molecule has 1 heterocycles. The molecule has 1 saturated heterocycles. The van der Waals surface area contributed by atoms with E-state index in [1.54, 1.807) is 61.7 Å². The molecule has 3 aromatic rings. The van der Waals surface area contributed by atoms with Gasteiger partial charge in [0.25, 0.3) is 5.91 Å². The number of urea groups is 1. The van der Waals surface area contributed by atoms with Crippen LogP contribution in [0.1, 0.15) is 63.7 Å². The zero-order valence-corrected chi connectivity index (χ0v) is 25.8. The van der Waals surface area contributed by atoms with Gasteiger partial charge in [-0.15, -0.1) is 0 Å². The smallest absolute Gasteiger partial charge is 0.319 e. The highest BCUT2D eigenvalue weighted by atomic mass is 16.5. The first kappa shape index (κ1) is 31.7. The second kappa shape index (κ2) is 15.3. The van der Waals surface area contributed by atoms with Gasteiger partial charge < -0.3 is 35.1 Å². The molecule has 0 unspecified atom stereocenters. The van der Waals surface area contributed by atoms with E-state index in [9.17, 15) is 9.59 Å². The van der Waals surface area contributed by atoms with E-state index in [0.717, 1.165) is 38.8 Å². The van der Waals surface area contributed by atoms with Gasteiger partial charge in [-0.2, -0.15) is 0 Å². The molecule has 0 spiro atoms. The van der Waals surface area contributed by atoms with Crippen molar-refractivity contribution >= 4 is 23.3 Å². The first-order valence-corrected chi connectivity index (χ1v) is 15.1. The molecule has 0 aliphatic carbocycles. The van der Waals surface area contributed by atoms with Gasteiger partial charge in [0.2, 0.25) is 0 Å². The number of carbonyl (C=O) groups is 2. The molecule has 9 heteroatoms. The Morgan fingerprint density at radius 1 is 0.860 bits per heavy atom. The molecule has 0 aromatic heterocycles. The third-order valence-corrected chi connectivity index (χ3v) is 7.69. The van der Waals surface area contributed by atoms with Crippen molar-refractivity contribution in [3.8, 4) is 23.0 Å². The van der Waals surface area contributed by atoms with Crippen LogP contribution in [0, 0.1) is 0 Å². The molecule has 4 rings (SSSR count). The Kier molecular flexibility index (Phi) is 11.3. The van der Waals surface area contributed by atoms with Gasteiger partial charge in [-0.05, 0) is 94.1 Å². The number of rotatable bonds is 12. The Labute approximate surface area is 254 Å². The van der Waals surface area contributed by atoms with E-state index >= 15 is 0 Å². The molecule has 9 nitrogen and oxygen atoms in total. The summed E-state index contributed by atoms with van der Waals surface area (Å²) in [6, 6.07) is 20.0. The van der Waals surface area contributed by atoms with E-state index in [0.29, 0.717) is 46.0 Å². The fourth-order valence-corrected chi connectivity index (χ4v) is 5.03.